The summed E-state index contributed by atoms with van der Waals surface area (Å²) in [7, 11) is -1.05. The van der Waals surface area contributed by atoms with Crippen LogP contribution in [0.4, 0.5) is 5.69 Å². The lowest BCUT2D eigenvalue weighted by molar-refractivity contribution is -0.107. The molecule has 0 unspecified atom stereocenters. The molecule has 9 heteroatoms. The van der Waals surface area contributed by atoms with Crippen LogP contribution in [0.25, 0.3) is 0 Å². The van der Waals surface area contributed by atoms with E-state index in [0.717, 1.165) is 30.4 Å². The molecular formula is C24H28N2O6S. The molecule has 0 spiro atoms. The van der Waals surface area contributed by atoms with Crippen molar-refractivity contribution in [2.75, 3.05) is 24.4 Å². The van der Waals surface area contributed by atoms with Crippen molar-refractivity contribution in [1.29, 1.82) is 0 Å². The first-order valence-corrected chi connectivity index (χ1v) is 12.4. The van der Waals surface area contributed by atoms with Crippen molar-refractivity contribution in [2.45, 2.75) is 44.8 Å². The van der Waals surface area contributed by atoms with Gasteiger partial charge < -0.3 is 19.3 Å². The van der Waals surface area contributed by atoms with Gasteiger partial charge in [-0.2, -0.15) is 0 Å². The van der Waals surface area contributed by atoms with Gasteiger partial charge in [-0.05, 0) is 55.5 Å². The van der Waals surface area contributed by atoms with E-state index in [0.29, 0.717) is 35.9 Å². The van der Waals surface area contributed by atoms with E-state index in [1.54, 1.807) is 29.0 Å². The lowest BCUT2D eigenvalue weighted by atomic mass is 10.0. The van der Waals surface area contributed by atoms with Crippen LogP contribution in [0.2, 0.25) is 0 Å². The van der Waals surface area contributed by atoms with Crippen molar-refractivity contribution >= 4 is 28.7 Å². The number of benzene rings is 2. The number of thiol groups is 1. The Morgan fingerprint density at radius 2 is 2.00 bits per heavy atom. The fraction of sp³-hybridized carbons (Fsp3) is 0.417. The number of rotatable bonds is 11. The number of amides is 2. The summed E-state index contributed by atoms with van der Waals surface area (Å²) in [5.41, 5.74) is 2.75. The van der Waals surface area contributed by atoms with E-state index in [1.807, 2.05) is 31.2 Å². The molecule has 2 amide bonds. The molecule has 1 fully saturated rings. The Morgan fingerprint density at radius 1 is 1.21 bits per heavy atom. The van der Waals surface area contributed by atoms with Gasteiger partial charge >= 0.3 is 0 Å². The van der Waals surface area contributed by atoms with Crippen LogP contribution >= 0.6 is 0 Å². The van der Waals surface area contributed by atoms with Gasteiger partial charge in [-0.1, -0.05) is 18.2 Å². The van der Waals surface area contributed by atoms with Crippen LogP contribution in [0.5, 0.6) is 11.5 Å². The van der Waals surface area contributed by atoms with Crippen LogP contribution < -0.4 is 14.4 Å². The van der Waals surface area contributed by atoms with E-state index in [4.69, 9.17) is 9.47 Å². The summed E-state index contributed by atoms with van der Waals surface area (Å²) in [6, 6.07) is 10.6. The summed E-state index contributed by atoms with van der Waals surface area (Å²) >= 11 is 0. The normalized spacial score (nSPS) is 16.0. The van der Waals surface area contributed by atoms with Crippen LogP contribution in [0.1, 0.15) is 53.7 Å². The van der Waals surface area contributed by atoms with E-state index in [1.165, 1.54) is 0 Å². The van der Waals surface area contributed by atoms with Crippen molar-refractivity contribution < 1.29 is 27.5 Å². The van der Waals surface area contributed by atoms with Crippen molar-refractivity contribution in [3.63, 3.8) is 0 Å². The zero-order valence-corrected chi connectivity index (χ0v) is 19.6. The van der Waals surface area contributed by atoms with Crippen molar-refractivity contribution in [3.05, 3.63) is 53.1 Å². The van der Waals surface area contributed by atoms with Crippen molar-refractivity contribution in [2.24, 2.45) is 0 Å². The van der Waals surface area contributed by atoms with Gasteiger partial charge in [0.2, 0.25) is 6.41 Å². The van der Waals surface area contributed by atoms with Crippen LogP contribution in [0.3, 0.4) is 0 Å². The van der Waals surface area contributed by atoms with E-state index in [2.05, 4.69) is 0 Å². The van der Waals surface area contributed by atoms with Crippen molar-refractivity contribution in [1.82, 2.24) is 4.90 Å². The number of fused-ring (bicyclic) bond motifs is 1. The second-order valence-electron chi connectivity index (χ2n) is 8.19. The fourth-order valence-corrected chi connectivity index (χ4v) is 4.88. The minimum atomic E-state index is -2.60. The molecule has 0 aromatic heterocycles. The third-order valence-corrected chi connectivity index (χ3v) is 6.73. The summed E-state index contributed by atoms with van der Waals surface area (Å²) in [5, 5.41) is 0. The highest BCUT2D eigenvalue weighted by atomic mass is 32.2. The Balaban J connectivity index is 1.72. The van der Waals surface area contributed by atoms with Gasteiger partial charge in [0, 0.05) is 18.3 Å². The molecule has 0 bridgehead atoms. The highest BCUT2D eigenvalue weighted by Crippen LogP contribution is 2.41. The molecule has 1 atom stereocenters. The molecule has 8 nitrogen and oxygen atoms in total. The van der Waals surface area contributed by atoms with Gasteiger partial charge in [0.05, 0.1) is 31.0 Å². The summed E-state index contributed by atoms with van der Waals surface area (Å²) < 4.78 is 33.9. The number of nitrogens with zero attached hydrogens (tertiary/aromatic N) is 2. The molecule has 2 aliphatic rings. The Labute approximate surface area is 195 Å². The Hall–Kier alpha value is -3.07. The standard InChI is InChI=1S/C24H28N2O6S/c1-3-32-22-13-16(7-10-21(22)31-2)19(11-12-33(29)30)25-14-17-5-4-6-20(23(17)24(25)28)26(15-27)18-8-9-18/h4-7,10,13,15,18-19,33H,3,8-9,11-12,14H2,1-2H3/t19-/m1/s1. The summed E-state index contributed by atoms with van der Waals surface area (Å²) in [6.45, 7) is 2.65. The zero-order chi connectivity index (χ0) is 23.5. The van der Waals surface area contributed by atoms with Crippen LogP contribution in [0.15, 0.2) is 36.4 Å². The van der Waals surface area contributed by atoms with Gasteiger partial charge in [-0.15, -0.1) is 0 Å². The largest absolute Gasteiger partial charge is 0.493 e. The number of anilines is 1. The maximum Gasteiger partial charge on any atom is 0.257 e. The predicted octanol–water partition coefficient (Wildman–Crippen LogP) is 2.92. The van der Waals surface area contributed by atoms with Gasteiger partial charge in [0.25, 0.3) is 5.91 Å². The van der Waals surface area contributed by atoms with Crippen LogP contribution in [-0.2, 0) is 22.0 Å². The molecule has 1 saturated carbocycles. The first-order valence-electron chi connectivity index (χ1n) is 11.1. The first-order chi connectivity index (χ1) is 16.0. The number of carbonyl (C=O) groups excluding carboxylic acids is 2. The number of hydrogen-bond donors (Lipinski definition) is 1. The highest BCUT2D eigenvalue weighted by molar-refractivity contribution is 7.72. The average Bonchev–Trinajstić information content (AvgIpc) is 3.58. The molecule has 0 saturated heterocycles. The molecule has 2 aromatic rings. The zero-order valence-electron chi connectivity index (χ0n) is 18.7. The maximum atomic E-state index is 13.7. The molecule has 1 aliphatic carbocycles. The fourth-order valence-electron chi connectivity index (χ4n) is 4.42. The monoisotopic (exact) mass is 472 g/mol. The number of methoxy groups -OCH3 is 1. The SMILES string of the molecule is CCOc1cc([C@@H](CC[SH](=O)=O)N2Cc3cccc(N(C=O)C4CC4)c3C2=O)ccc1OC. The maximum absolute atomic E-state index is 13.7. The summed E-state index contributed by atoms with van der Waals surface area (Å²) in [6.07, 6.45) is 2.89. The second-order valence-corrected chi connectivity index (χ2v) is 9.30. The second kappa shape index (κ2) is 9.82. The van der Waals surface area contributed by atoms with Crippen LogP contribution in [-0.4, -0.2) is 51.1 Å². The smallest absolute Gasteiger partial charge is 0.257 e. The number of ether oxygens (including phenoxy) is 2. The molecule has 176 valence electrons. The van der Waals surface area contributed by atoms with E-state index < -0.39 is 16.7 Å². The quantitative estimate of drug-likeness (QED) is 0.399. The lowest BCUT2D eigenvalue weighted by Crippen LogP contribution is -2.31. The van der Waals surface area contributed by atoms with Crippen molar-refractivity contribution in [3.8, 4) is 11.5 Å². The minimum Gasteiger partial charge on any atom is -0.493 e. The molecule has 2 aromatic carbocycles. The Kier molecular flexibility index (Phi) is 6.88. The lowest BCUT2D eigenvalue weighted by Gasteiger charge is -2.29. The molecule has 1 heterocycles. The Morgan fingerprint density at radius 3 is 2.64 bits per heavy atom. The molecule has 0 N–H and O–H groups in total. The Bertz CT molecular complexity index is 1120. The van der Waals surface area contributed by atoms with Gasteiger partial charge in [0.1, 0.15) is 10.7 Å². The van der Waals surface area contributed by atoms with E-state index in [9.17, 15) is 18.0 Å². The number of hydrogen-bond acceptors (Lipinski definition) is 6. The van der Waals surface area contributed by atoms with E-state index in [-0.39, 0.29) is 24.1 Å². The minimum absolute atomic E-state index is 0.0501. The number of carbonyl (C=O) groups is 2. The molecular weight excluding hydrogens is 444 g/mol. The summed E-state index contributed by atoms with van der Waals surface area (Å²) in [4.78, 5) is 28.8. The molecule has 0 radical (unpaired) electrons. The first kappa shape index (κ1) is 23.1. The average molecular weight is 473 g/mol. The van der Waals surface area contributed by atoms with E-state index >= 15 is 0 Å². The highest BCUT2D eigenvalue weighted by Gasteiger charge is 2.39. The topological polar surface area (TPSA) is 93.2 Å². The van der Waals surface area contributed by atoms with Gasteiger partial charge in [0.15, 0.2) is 11.5 Å². The third-order valence-electron chi connectivity index (χ3n) is 6.11. The summed E-state index contributed by atoms with van der Waals surface area (Å²) in [5.74, 6) is 0.859. The molecule has 4 rings (SSSR count). The molecule has 33 heavy (non-hydrogen) atoms. The third kappa shape index (κ3) is 4.68. The van der Waals surface area contributed by atoms with Gasteiger partial charge in [-0.25, -0.2) is 8.42 Å². The molecule has 1 aliphatic heterocycles. The van der Waals surface area contributed by atoms with Gasteiger partial charge in [-0.3, -0.25) is 9.59 Å². The van der Waals surface area contributed by atoms with Crippen LogP contribution in [0, 0.1) is 0 Å². The predicted molar refractivity (Wildman–Crippen MR) is 125 cm³/mol.